The van der Waals surface area contributed by atoms with E-state index < -0.39 is 28.6 Å². The van der Waals surface area contributed by atoms with Gasteiger partial charge in [-0.1, -0.05) is 37.5 Å². The van der Waals surface area contributed by atoms with Crippen LogP contribution in [0.2, 0.25) is 0 Å². The Morgan fingerprint density at radius 1 is 1.20 bits per heavy atom. The molecule has 25 heavy (non-hydrogen) atoms. The van der Waals surface area contributed by atoms with Crippen LogP contribution in [-0.2, 0) is 0 Å². The first kappa shape index (κ1) is 17.0. The quantitative estimate of drug-likeness (QED) is 0.787. The second-order valence-electron chi connectivity index (χ2n) is 6.39. The van der Waals surface area contributed by atoms with Crippen molar-refractivity contribution in [3.63, 3.8) is 0 Å². The van der Waals surface area contributed by atoms with Crippen molar-refractivity contribution >= 4 is 5.91 Å². The Morgan fingerprint density at radius 3 is 2.56 bits per heavy atom. The number of carbonyl (C=O) groups excluding carboxylic acids is 1. The van der Waals surface area contributed by atoms with Crippen molar-refractivity contribution in [3.05, 3.63) is 56.2 Å². The Hall–Kier alpha value is -2.83. The fourth-order valence-electron chi connectivity index (χ4n) is 3.27. The van der Waals surface area contributed by atoms with Gasteiger partial charge in [-0.3, -0.25) is 14.6 Å². The Bertz CT molecular complexity index is 907. The zero-order valence-corrected chi connectivity index (χ0v) is 14.0. The number of H-pyrrole nitrogens is 1. The standard InChI is InChI=1S/C18H21N3O4/c1-11-7-5-6-10-13(11)21-17(24)14(16(23)20-18(21)25)15(22)19-12-8-3-2-4-9-12/h5-7,10,12,24H,2-4,8-9H2,1H3,(H,19,22)(H,20,23,25). The van der Waals surface area contributed by atoms with Gasteiger partial charge >= 0.3 is 5.69 Å². The van der Waals surface area contributed by atoms with Crippen LogP contribution in [0.15, 0.2) is 33.9 Å². The molecule has 1 amide bonds. The highest BCUT2D eigenvalue weighted by atomic mass is 16.3. The molecule has 0 atom stereocenters. The summed E-state index contributed by atoms with van der Waals surface area (Å²) in [5.41, 5.74) is -0.973. The summed E-state index contributed by atoms with van der Waals surface area (Å²) >= 11 is 0. The van der Waals surface area contributed by atoms with Crippen LogP contribution in [0.5, 0.6) is 5.88 Å². The number of nitrogens with one attached hydrogen (secondary N) is 2. The molecule has 1 aliphatic rings. The molecule has 1 fully saturated rings. The molecule has 3 N–H and O–H groups in total. The number of hydrogen-bond donors (Lipinski definition) is 3. The Morgan fingerprint density at radius 2 is 1.88 bits per heavy atom. The van der Waals surface area contributed by atoms with Gasteiger partial charge < -0.3 is 10.4 Å². The molecule has 0 aliphatic heterocycles. The first-order chi connectivity index (χ1) is 12.0. The lowest BCUT2D eigenvalue weighted by Crippen LogP contribution is -2.41. The Kier molecular flexibility index (Phi) is 4.74. The second-order valence-corrected chi connectivity index (χ2v) is 6.39. The maximum absolute atomic E-state index is 12.5. The van der Waals surface area contributed by atoms with Crippen LogP contribution in [0, 0.1) is 6.92 Å². The SMILES string of the molecule is Cc1ccccc1-n1c(O)c(C(=O)NC2CCCCC2)c(=O)[nH]c1=O. The van der Waals surface area contributed by atoms with E-state index in [0.717, 1.165) is 42.2 Å². The molecule has 132 valence electrons. The first-order valence-electron chi connectivity index (χ1n) is 8.44. The van der Waals surface area contributed by atoms with Crippen molar-refractivity contribution < 1.29 is 9.90 Å². The molecular weight excluding hydrogens is 322 g/mol. The van der Waals surface area contributed by atoms with Crippen LogP contribution in [0.25, 0.3) is 5.69 Å². The van der Waals surface area contributed by atoms with Crippen molar-refractivity contribution in [1.82, 2.24) is 14.9 Å². The summed E-state index contributed by atoms with van der Waals surface area (Å²) in [6.07, 6.45) is 4.88. The average molecular weight is 343 g/mol. The first-order valence-corrected chi connectivity index (χ1v) is 8.44. The van der Waals surface area contributed by atoms with Gasteiger partial charge in [0, 0.05) is 6.04 Å². The molecule has 7 heteroatoms. The van der Waals surface area contributed by atoms with Gasteiger partial charge in [-0.05, 0) is 31.4 Å². The fourth-order valence-corrected chi connectivity index (χ4v) is 3.27. The molecule has 3 rings (SSSR count). The van der Waals surface area contributed by atoms with E-state index >= 15 is 0 Å². The van der Waals surface area contributed by atoms with E-state index in [1.165, 1.54) is 0 Å². The predicted octanol–water partition coefficient (Wildman–Crippen LogP) is 1.60. The summed E-state index contributed by atoms with van der Waals surface area (Å²) in [4.78, 5) is 39.0. The number of nitrogens with zero attached hydrogens (tertiary/aromatic N) is 1. The lowest BCUT2D eigenvalue weighted by atomic mass is 9.95. The molecule has 7 nitrogen and oxygen atoms in total. The topological polar surface area (TPSA) is 104 Å². The van der Waals surface area contributed by atoms with Crippen molar-refractivity contribution in [2.45, 2.75) is 45.1 Å². The van der Waals surface area contributed by atoms with Crippen LogP contribution < -0.4 is 16.6 Å². The third-order valence-electron chi connectivity index (χ3n) is 4.61. The van der Waals surface area contributed by atoms with E-state index in [-0.39, 0.29) is 6.04 Å². The zero-order valence-electron chi connectivity index (χ0n) is 14.0. The molecule has 0 unspecified atom stereocenters. The van der Waals surface area contributed by atoms with Gasteiger partial charge in [0.1, 0.15) is 0 Å². The number of rotatable bonds is 3. The summed E-state index contributed by atoms with van der Waals surface area (Å²) < 4.78 is 0.951. The lowest BCUT2D eigenvalue weighted by molar-refractivity contribution is 0.0922. The second kappa shape index (κ2) is 6.96. The minimum atomic E-state index is -0.888. The van der Waals surface area contributed by atoms with Gasteiger partial charge in [-0.15, -0.1) is 0 Å². The van der Waals surface area contributed by atoms with E-state index in [2.05, 4.69) is 10.3 Å². The van der Waals surface area contributed by atoms with Crippen LogP contribution in [0.1, 0.15) is 48.0 Å². The lowest BCUT2D eigenvalue weighted by Gasteiger charge is -2.23. The minimum Gasteiger partial charge on any atom is -0.493 e. The number of aromatic nitrogens is 2. The Balaban J connectivity index is 2.04. The Labute approximate surface area is 144 Å². The van der Waals surface area contributed by atoms with E-state index in [9.17, 15) is 19.5 Å². The summed E-state index contributed by atoms with van der Waals surface area (Å²) in [5.74, 6) is -1.30. The van der Waals surface area contributed by atoms with Crippen LogP contribution in [0.3, 0.4) is 0 Å². The third kappa shape index (κ3) is 3.35. The van der Waals surface area contributed by atoms with Gasteiger partial charge in [-0.2, -0.15) is 0 Å². The van der Waals surface area contributed by atoms with Gasteiger partial charge in [0.05, 0.1) is 5.69 Å². The number of para-hydroxylation sites is 1. The van der Waals surface area contributed by atoms with Crippen molar-refractivity contribution in [1.29, 1.82) is 0 Å². The van der Waals surface area contributed by atoms with E-state index in [1.807, 2.05) is 0 Å². The number of hydrogen-bond acceptors (Lipinski definition) is 4. The van der Waals surface area contributed by atoms with E-state index in [1.54, 1.807) is 31.2 Å². The molecule has 0 bridgehead atoms. The molecular formula is C18H21N3O4. The highest BCUT2D eigenvalue weighted by Crippen LogP contribution is 2.21. The smallest absolute Gasteiger partial charge is 0.335 e. The third-order valence-corrected chi connectivity index (χ3v) is 4.61. The van der Waals surface area contributed by atoms with Gasteiger partial charge in [0.2, 0.25) is 5.88 Å². The highest BCUT2D eigenvalue weighted by molar-refractivity contribution is 5.96. The average Bonchev–Trinajstić information content (AvgIpc) is 2.57. The number of aryl methyl sites for hydroxylation is 1. The molecule has 1 aromatic carbocycles. The normalized spacial score (nSPS) is 15.1. The molecule has 1 aromatic heterocycles. The van der Waals surface area contributed by atoms with Crippen molar-refractivity contribution in [3.8, 4) is 11.6 Å². The van der Waals surface area contributed by atoms with Crippen LogP contribution in [0.4, 0.5) is 0 Å². The van der Waals surface area contributed by atoms with Crippen LogP contribution in [-0.4, -0.2) is 26.6 Å². The molecule has 2 aromatic rings. The number of aromatic amines is 1. The number of amides is 1. The molecule has 1 aliphatic carbocycles. The molecule has 0 spiro atoms. The summed E-state index contributed by atoms with van der Waals surface area (Å²) in [5, 5.41) is 13.3. The minimum absolute atomic E-state index is 0.0149. The number of aromatic hydroxyl groups is 1. The highest BCUT2D eigenvalue weighted by Gasteiger charge is 2.25. The predicted molar refractivity (Wildman–Crippen MR) is 93.4 cm³/mol. The molecule has 1 saturated carbocycles. The maximum Gasteiger partial charge on any atom is 0.335 e. The summed E-state index contributed by atoms with van der Waals surface area (Å²) in [7, 11) is 0. The van der Waals surface area contributed by atoms with Crippen molar-refractivity contribution in [2.24, 2.45) is 0 Å². The zero-order chi connectivity index (χ0) is 18.0. The number of benzene rings is 1. The van der Waals surface area contributed by atoms with Gasteiger partial charge in [0.15, 0.2) is 5.56 Å². The molecule has 1 heterocycles. The monoisotopic (exact) mass is 343 g/mol. The van der Waals surface area contributed by atoms with Crippen LogP contribution >= 0.6 is 0 Å². The van der Waals surface area contributed by atoms with Crippen molar-refractivity contribution in [2.75, 3.05) is 0 Å². The summed E-state index contributed by atoms with van der Waals surface area (Å²) in [6.45, 7) is 1.77. The summed E-state index contributed by atoms with van der Waals surface area (Å²) in [6, 6.07) is 6.90. The van der Waals surface area contributed by atoms with Gasteiger partial charge in [0.25, 0.3) is 11.5 Å². The molecule has 0 radical (unpaired) electrons. The number of carbonyl (C=O) groups is 1. The van der Waals surface area contributed by atoms with E-state index in [0.29, 0.717) is 5.69 Å². The largest absolute Gasteiger partial charge is 0.493 e. The molecule has 0 saturated heterocycles. The fraction of sp³-hybridized carbons (Fsp3) is 0.389. The van der Waals surface area contributed by atoms with E-state index in [4.69, 9.17) is 0 Å². The maximum atomic E-state index is 12.5. The van der Waals surface area contributed by atoms with Gasteiger partial charge in [-0.25, -0.2) is 9.36 Å².